The molecule has 0 spiro atoms. The van der Waals surface area contributed by atoms with Crippen molar-refractivity contribution in [2.45, 2.75) is 45.9 Å². The number of nitrogen functional groups attached to an aromatic ring is 1. The lowest BCUT2D eigenvalue weighted by molar-refractivity contribution is 0.000567. The first kappa shape index (κ1) is 17.9. The molecule has 0 saturated carbocycles. The maximum atomic E-state index is 12.2. The summed E-state index contributed by atoms with van der Waals surface area (Å²) in [4.78, 5) is 16.3. The van der Waals surface area contributed by atoms with Crippen LogP contribution in [0.5, 0.6) is 0 Å². The number of nitrogens with zero attached hydrogens (tertiary/aromatic N) is 2. The van der Waals surface area contributed by atoms with Gasteiger partial charge in [-0.15, -0.1) is 0 Å². The van der Waals surface area contributed by atoms with E-state index in [2.05, 4.69) is 4.90 Å². The quantitative estimate of drug-likeness (QED) is 0.839. The maximum absolute atomic E-state index is 12.2. The highest BCUT2D eigenvalue weighted by Crippen LogP contribution is 2.25. The van der Waals surface area contributed by atoms with Gasteiger partial charge >= 0.3 is 6.09 Å². The predicted octanol–water partition coefficient (Wildman–Crippen LogP) is 3.36. The number of hydrogen-bond acceptors (Lipinski definition) is 4. The third kappa shape index (κ3) is 4.75. The molecule has 1 aromatic rings. The zero-order chi connectivity index (χ0) is 17.2. The minimum absolute atomic E-state index is 0.0958. The summed E-state index contributed by atoms with van der Waals surface area (Å²) in [5.74, 6) is 0. The lowest BCUT2D eigenvalue weighted by atomic mass is 10.1. The van der Waals surface area contributed by atoms with Gasteiger partial charge in [0.05, 0.1) is 10.7 Å². The SMILES string of the molecule is C[C@H]1CN(Cc2cccc(N)c2Cl)CCN1C(=O)OC(C)(C)C. The Labute approximate surface area is 143 Å². The number of carbonyl (C=O) groups excluding carboxylic acids is 1. The number of amides is 1. The van der Waals surface area contributed by atoms with Gasteiger partial charge in [0.2, 0.25) is 0 Å². The minimum Gasteiger partial charge on any atom is -0.444 e. The highest BCUT2D eigenvalue weighted by molar-refractivity contribution is 6.33. The number of piperazine rings is 1. The molecule has 1 aliphatic heterocycles. The second-order valence-electron chi connectivity index (χ2n) is 7.08. The molecule has 1 heterocycles. The molecule has 2 N–H and O–H groups in total. The molecule has 1 amide bonds. The Bertz CT molecular complexity index is 571. The first-order chi connectivity index (χ1) is 10.7. The van der Waals surface area contributed by atoms with Crippen molar-refractivity contribution in [1.29, 1.82) is 0 Å². The van der Waals surface area contributed by atoms with Crippen molar-refractivity contribution in [3.05, 3.63) is 28.8 Å². The highest BCUT2D eigenvalue weighted by Gasteiger charge is 2.30. The van der Waals surface area contributed by atoms with E-state index in [9.17, 15) is 4.79 Å². The molecule has 0 unspecified atom stereocenters. The van der Waals surface area contributed by atoms with Gasteiger partial charge in [0.25, 0.3) is 0 Å². The molecule has 0 bridgehead atoms. The summed E-state index contributed by atoms with van der Waals surface area (Å²) in [6, 6.07) is 5.80. The molecule has 6 heteroatoms. The third-order valence-electron chi connectivity index (χ3n) is 3.84. The maximum Gasteiger partial charge on any atom is 0.410 e. The molecule has 0 aromatic heterocycles. The van der Waals surface area contributed by atoms with E-state index in [1.165, 1.54) is 0 Å². The van der Waals surface area contributed by atoms with Crippen molar-refractivity contribution < 1.29 is 9.53 Å². The van der Waals surface area contributed by atoms with Gasteiger partial charge in [0.1, 0.15) is 5.60 Å². The van der Waals surface area contributed by atoms with Gasteiger partial charge in [-0.1, -0.05) is 23.7 Å². The van der Waals surface area contributed by atoms with Gasteiger partial charge in [-0.05, 0) is 39.3 Å². The van der Waals surface area contributed by atoms with Crippen LogP contribution in [0.25, 0.3) is 0 Å². The number of hydrogen-bond donors (Lipinski definition) is 1. The fourth-order valence-electron chi connectivity index (χ4n) is 2.73. The summed E-state index contributed by atoms with van der Waals surface area (Å²) in [6.45, 7) is 10.6. The standard InChI is InChI=1S/C17H26ClN3O2/c1-12-10-20(11-13-6-5-7-14(19)15(13)18)8-9-21(12)16(22)23-17(2,3)4/h5-7,12H,8-11,19H2,1-4H3/t12-/m0/s1. The van der Waals surface area contributed by atoms with Crippen molar-refractivity contribution in [2.24, 2.45) is 0 Å². The van der Waals surface area contributed by atoms with Gasteiger partial charge in [0.15, 0.2) is 0 Å². The number of rotatable bonds is 2. The summed E-state index contributed by atoms with van der Waals surface area (Å²) in [7, 11) is 0. The van der Waals surface area contributed by atoms with Crippen molar-refractivity contribution >= 4 is 23.4 Å². The van der Waals surface area contributed by atoms with Gasteiger partial charge in [-0.2, -0.15) is 0 Å². The number of ether oxygens (including phenoxy) is 1. The zero-order valence-corrected chi connectivity index (χ0v) is 15.1. The second-order valence-corrected chi connectivity index (χ2v) is 7.46. The van der Waals surface area contributed by atoms with E-state index < -0.39 is 5.60 Å². The third-order valence-corrected chi connectivity index (χ3v) is 4.30. The minimum atomic E-state index is -0.469. The smallest absolute Gasteiger partial charge is 0.410 e. The molecule has 128 valence electrons. The summed E-state index contributed by atoms with van der Waals surface area (Å²) in [5, 5.41) is 0.620. The molecular formula is C17H26ClN3O2. The number of anilines is 1. The highest BCUT2D eigenvalue weighted by atomic mass is 35.5. The van der Waals surface area contributed by atoms with E-state index in [0.29, 0.717) is 17.3 Å². The van der Waals surface area contributed by atoms with Crippen LogP contribution in [0.1, 0.15) is 33.3 Å². The molecule has 5 nitrogen and oxygen atoms in total. The van der Waals surface area contributed by atoms with Crippen LogP contribution in [-0.2, 0) is 11.3 Å². The Balaban J connectivity index is 1.96. The lowest BCUT2D eigenvalue weighted by Gasteiger charge is -2.40. The average Bonchev–Trinajstić information content (AvgIpc) is 2.42. The Hall–Kier alpha value is -1.46. The van der Waals surface area contributed by atoms with Crippen LogP contribution in [0.15, 0.2) is 18.2 Å². The molecule has 23 heavy (non-hydrogen) atoms. The predicted molar refractivity (Wildman–Crippen MR) is 93.5 cm³/mol. The van der Waals surface area contributed by atoms with Crippen LogP contribution >= 0.6 is 11.6 Å². The van der Waals surface area contributed by atoms with Crippen molar-refractivity contribution in [3.63, 3.8) is 0 Å². The van der Waals surface area contributed by atoms with Crippen molar-refractivity contribution in [2.75, 3.05) is 25.4 Å². The second kappa shape index (κ2) is 6.97. The number of nitrogens with two attached hydrogens (primary N) is 1. The number of carbonyl (C=O) groups is 1. The molecule has 1 aromatic carbocycles. The first-order valence-corrected chi connectivity index (χ1v) is 8.30. The molecule has 2 rings (SSSR count). The molecule has 1 aliphatic rings. The van der Waals surface area contributed by atoms with Crippen LogP contribution < -0.4 is 5.73 Å². The van der Waals surface area contributed by atoms with E-state index in [1.807, 2.05) is 39.8 Å². The fourth-order valence-corrected chi connectivity index (χ4v) is 2.92. The number of halogens is 1. The topological polar surface area (TPSA) is 58.8 Å². The first-order valence-electron chi connectivity index (χ1n) is 7.92. The molecule has 1 atom stereocenters. The normalized spacial score (nSPS) is 19.7. The largest absolute Gasteiger partial charge is 0.444 e. The summed E-state index contributed by atoms with van der Waals surface area (Å²) in [5.41, 5.74) is 7.00. The Kier molecular flexibility index (Phi) is 5.42. The van der Waals surface area contributed by atoms with E-state index in [0.717, 1.165) is 25.2 Å². The Morgan fingerprint density at radius 3 is 2.70 bits per heavy atom. The van der Waals surface area contributed by atoms with E-state index in [1.54, 1.807) is 11.0 Å². The van der Waals surface area contributed by atoms with E-state index in [4.69, 9.17) is 22.1 Å². The van der Waals surface area contributed by atoms with Crippen LogP contribution in [0, 0.1) is 0 Å². The van der Waals surface area contributed by atoms with Gasteiger partial charge in [-0.25, -0.2) is 4.79 Å². The molecule has 1 fully saturated rings. The van der Waals surface area contributed by atoms with Crippen molar-refractivity contribution in [3.8, 4) is 0 Å². The van der Waals surface area contributed by atoms with Crippen LogP contribution in [-0.4, -0.2) is 47.2 Å². The summed E-state index contributed by atoms with van der Waals surface area (Å²) >= 11 is 6.26. The monoisotopic (exact) mass is 339 g/mol. The van der Waals surface area contributed by atoms with Crippen LogP contribution in [0.4, 0.5) is 10.5 Å². The lowest BCUT2D eigenvalue weighted by Crippen LogP contribution is -2.54. The van der Waals surface area contributed by atoms with Crippen LogP contribution in [0.3, 0.4) is 0 Å². The van der Waals surface area contributed by atoms with Gasteiger partial charge in [0, 0.05) is 32.2 Å². The summed E-state index contributed by atoms with van der Waals surface area (Å²) < 4.78 is 5.47. The molecule has 1 saturated heterocycles. The summed E-state index contributed by atoms with van der Waals surface area (Å²) in [6.07, 6.45) is -0.244. The van der Waals surface area contributed by atoms with E-state index >= 15 is 0 Å². The van der Waals surface area contributed by atoms with Crippen LogP contribution in [0.2, 0.25) is 5.02 Å². The molecule has 0 radical (unpaired) electrons. The number of benzene rings is 1. The fraction of sp³-hybridized carbons (Fsp3) is 0.588. The van der Waals surface area contributed by atoms with Gasteiger partial charge in [-0.3, -0.25) is 4.90 Å². The van der Waals surface area contributed by atoms with Gasteiger partial charge < -0.3 is 15.4 Å². The average molecular weight is 340 g/mol. The Morgan fingerprint density at radius 2 is 2.09 bits per heavy atom. The molecule has 0 aliphatic carbocycles. The molecular weight excluding hydrogens is 314 g/mol. The van der Waals surface area contributed by atoms with E-state index in [-0.39, 0.29) is 12.1 Å². The zero-order valence-electron chi connectivity index (χ0n) is 14.3. The Morgan fingerprint density at radius 1 is 1.39 bits per heavy atom. The van der Waals surface area contributed by atoms with Crippen molar-refractivity contribution in [1.82, 2.24) is 9.80 Å².